The van der Waals surface area contributed by atoms with Gasteiger partial charge < -0.3 is 10.1 Å². The molecule has 3 heterocycles. The highest BCUT2D eigenvalue weighted by Gasteiger charge is 2.32. The zero-order valence-corrected chi connectivity index (χ0v) is 20.0. The first-order chi connectivity index (χ1) is 17.0. The Labute approximate surface area is 205 Å². The number of fused-ring (bicyclic) bond motifs is 1. The quantitative estimate of drug-likeness (QED) is 0.473. The fourth-order valence-electron chi connectivity index (χ4n) is 4.05. The topological polar surface area (TPSA) is 85.6 Å². The van der Waals surface area contributed by atoms with E-state index in [2.05, 4.69) is 15.3 Å². The monoisotopic (exact) mass is 482 g/mol. The number of nitrogens with one attached hydrogen (secondary N) is 1. The summed E-state index contributed by atoms with van der Waals surface area (Å²) >= 11 is 1.29. The van der Waals surface area contributed by atoms with Crippen LogP contribution in [-0.2, 0) is 4.79 Å². The van der Waals surface area contributed by atoms with Gasteiger partial charge in [0.2, 0.25) is 0 Å². The summed E-state index contributed by atoms with van der Waals surface area (Å²) in [6.45, 7) is 1.80. The number of amides is 1. The number of hydrogen-bond donors (Lipinski definition) is 1. The molecule has 1 aliphatic rings. The lowest BCUT2D eigenvalue weighted by atomic mass is 9.95. The van der Waals surface area contributed by atoms with Gasteiger partial charge >= 0.3 is 0 Å². The molecule has 174 valence electrons. The number of ether oxygens (including phenoxy) is 1. The Morgan fingerprint density at radius 1 is 1.09 bits per heavy atom. The first-order valence-electron chi connectivity index (χ1n) is 11.0. The van der Waals surface area contributed by atoms with Gasteiger partial charge in [-0.05, 0) is 54.5 Å². The van der Waals surface area contributed by atoms with Gasteiger partial charge in [0.05, 0.1) is 29.0 Å². The van der Waals surface area contributed by atoms with Gasteiger partial charge in [0.25, 0.3) is 11.5 Å². The lowest BCUT2D eigenvalue weighted by Gasteiger charge is -2.25. The van der Waals surface area contributed by atoms with Crippen molar-refractivity contribution in [3.63, 3.8) is 0 Å². The number of thiazole rings is 1. The van der Waals surface area contributed by atoms with Gasteiger partial charge in [-0.3, -0.25) is 19.1 Å². The Morgan fingerprint density at radius 3 is 2.54 bits per heavy atom. The zero-order valence-electron chi connectivity index (χ0n) is 19.1. The minimum absolute atomic E-state index is 0.212. The van der Waals surface area contributed by atoms with Gasteiger partial charge in [0.1, 0.15) is 5.75 Å². The van der Waals surface area contributed by atoms with E-state index in [9.17, 15) is 9.59 Å². The van der Waals surface area contributed by atoms with Gasteiger partial charge in [-0.25, -0.2) is 4.99 Å². The molecule has 2 aromatic heterocycles. The molecule has 7 nitrogen and oxygen atoms in total. The molecule has 35 heavy (non-hydrogen) atoms. The molecule has 1 amide bonds. The maximum Gasteiger partial charge on any atom is 0.271 e. The van der Waals surface area contributed by atoms with Gasteiger partial charge in [-0.1, -0.05) is 47.7 Å². The summed E-state index contributed by atoms with van der Waals surface area (Å²) in [5.41, 5.74) is 3.04. The molecule has 0 fully saturated rings. The van der Waals surface area contributed by atoms with Gasteiger partial charge in [0, 0.05) is 18.1 Å². The number of para-hydroxylation sites is 1. The van der Waals surface area contributed by atoms with Gasteiger partial charge in [0.15, 0.2) is 4.80 Å². The molecule has 0 spiro atoms. The summed E-state index contributed by atoms with van der Waals surface area (Å²) in [7, 11) is 1.60. The molecule has 0 saturated heterocycles. The first kappa shape index (κ1) is 22.5. The summed E-state index contributed by atoms with van der Waals surface area (Å²) < 4.78 is 7.43. The first-order valence-corrected chi connectivity index (χ1v) is 11.8. The molecule has 1 aliphatic heterocycles. The number of anilines is 1. The second-order valence-electron chi connectivity index (χ2n) is 7.96. The Balaban J connectivity index is 1.67. The third kappa shape index (κ3) is 4.43. The molecule has 0 unspecified atom stereocenters. The van der Waals surface area contributed by atoms with Crippen LogP contribution in [0.2, 0.25) is 0 Å². The van der Waals surface area contributed by atoms with E-state index in [4.69, 9.17) is 4.74 Å². The third-order valence-corrected chi connectivity index (χ3v) is 6.69. The maximum atomic E-state index is 13.6. The largest absolute Gasteiger partial charge is 0.497 e. The van der Waals surface area contributed by atoms with Gasteiger partial charge in [-0.2, -0.15) is 0 Å². The summed E-state index contributed by atoms with van der Waals surface area (Å²) in [5, 5.41) is 2.95. The number of methoxy groups -OCH3 is 1. The number of nitrogens with zero attached hydrogens (tertiary/aromatic N) is 3. The average molecular weight is 483 g/mol. The second-order valence-corrected chi connectivity index (χ2v) is 8.97. The van der Waals surface area contributed by atoms with E-state index in [-0.39, 0.29) is 11.5 Å². The van der Waals surface area contributed by atoms with E-state index in [1.807, 2.05) is 66.7 Å². The number of pyridine rings is 1. The van der Waals surface area contributed by atoms with Crippen LogP contribution in [0.5, 0.6) is 5.75 Å². The summed E-state index contributed by atoms with van der Waals surface area (Å²) in [6.07, 6.45) is 5.18. The molecule has 8 heteroatoms. The van der Waals surface area contributed by atoms with Crippen molar-refractivity contribution < 1.29 is 9.53 Å². The van der Waals surface area contributed by atoms with E-state index >= 15 is 0 Å². The highest BCUT2D eigenvalue weighted by Crippen LogP contribution is 2.31. The van der Waals surface area contributed by atoms with Crippen molar-refractivity contribution in [3.8, 4) is 5.75 Å². The number of rotatable bonds is 5. The Kier molecular flexibility index (Phi) is 6.12. The molecule has 1 atom stereocenters. The number of hydrogen-bond acceptors (Lipinski definition) is 6. The highest BCUT2D eigenvalue weighted by molar-refractivity contribution is 7.07. The van der Waals surface area contributed by atoms with Crippen molar-refractivity contribution >= 4 is 29.0 Å². The Morgan fingerprint density at radius 2 is 1.86 bits per heavy atom. The molecule has 0 saturated carbocycles. The van der Waals surface area contributed by atoms with E-state index < -0.39 is 6.04 Å². The van der Waals surface area contributed by atoms with E-state index in [1.54, 1.807) is 37.1 Å². The molecule has 1 N–H and O–H groups in total. The van der Waals surface area contributed by atoms with Crippen LogP contribution in [0.1, 0.15) is 24.1 Å². The Bertz CT molecular complexity index is 1590. The van der Waals surface area contributed by atoms with Crippen LogP contribution in [0.4, 0.5) is 5.69 Å². The predicted molar refractivity (Wildman–Crippen MR) is 136 cm³/mol. The van der Waals surface area contributed by atoms with E-state index in [0.717, 1.165) is 11.1 Å². The van der Waals surface area contributed by atoms with Crippen molar-refractivity contribution in [2.24, 2.45) is 4.99 Å². The van der Waals surface area contributed by atoms with Crippen LogP contribution in [0, 0.1) is 0 Å². The highest BCUT2D eigenvalue weighted by atomic mass is 32.1. The van der Waals surface area contributed by atoms with Crippen LogP contribution >= 0.6 is 11.3 Å². The summed E-state index contributed by atoms with van der Waals surface area (Å²) in [5.74, 6) is 0.383. The SMILES string of the molecule is COc1ccc([C@H]2C(C(=O)Nc3ccccc3)=C(C)N=c3s/c(=C\c4cccnc4)c(=O)n32)cc1. The fraction of sp³-hybridized carbons (Fsp3) is 0.111. The van der Waals surface area contributed by atoms with E-state index in [1.165, 1.54) is 11.3 Å². The number of carbonyl (C=O) groups excluding carboxylic acids is 1. The second kappa shape index (κ2) is 9.52. The number of benzene rings is 2. The average Bonchev–Trinajstić information content (AvgIpc) is 3.18. The zero-order chi connectivity index (χ0) is 24.4. The fourth-order valence-corrected chi connectivity index (χ4v) is 5.09. The van der Waals surface area contributed by atoms with Gasteiger partial charge in [-0.15, -0.1) is 0 Å². The molecule has 0 aliphatic carbocycles. The molecular formula is C27H22N4O3S. The molecular weight excluding hydrogens is 460 g/mol. The third-order valence-electron chi connectivity index (χ3n) is 5.71. The van der Waals surface area contributed by atoms with Crippen molar-refractivity contribution in [3.05, 3.63) is 121 Å². The number of aromatic nitrogens is 2. The normalized spacial score (nSPS) is 15.4. The van der Waals surface area contributed by atoms with Crippen molar-refractivity contribution in [1.29, 1.82) is 0 Å². The summed E-state index contributed by atoms with van der Waals surface area (Å²) in [6, 6.07) is 19.7. The predicted octanol–water partition coefficient (Wildman–Crippen LogP) is 3.28. The molecule has 5 rings (SSSR count). The van der Waals surface area contributed by atoms with Crippen LogP contribution in [-0.4, -0.2) is 22.6 Å². The lowest BCUT2D eigenvalue weighted by molar-refractivity contribution is -0.113. The van der Waals surface area contributed by atoms with Crippen LogP contribution in [0.25, 0.3) is 6.08 Å². The standard InChI is InChI=1S/C27H22N4O3S/c1-17-23(25(32)30-20-8-4-3-5-9-20)24(19-10-12-21(34-2)13-11-19)31-26(33)22(35-27(31)29-17)15-18-7-6-14-28-16-18/h3-16,24H,1-2H3,(H,30,32)/b22-15-/t24-/m0/s1. The lowest BCUT2D eigenvalue weighted by Crippen LogP contribution is -2.40. The van der Waals surface area contributed by atoms with E-state index in [0.29, 0.717) is 32.0 Å². The molecule has 4 aromatic rings. The number of allylic oxidation sites excluding steroid dienone is 1. The maximum absolute atomic E-state index is 13.6. The summed E-state index contributed by atoms with van der Waals surface area (Å²) in [4.78, 5) is 36.5. The van der Waals surface area contributed by atoms with Crippen LogP contribution in [0.3, 0.4) is 0 Å². The smallest absolute Gasteiger partial charge is 0.271 e. The van der Waals surface area contributed by atoms with Crippen LogP contribution < -0.4 is 24.9 Å². The minimum atomic E-state index is -0.642. The van der Waals surface area contributed by atoms with Crippen LogP contribution in [0.15, 0.2) is 100 Å². The molecule has 0 bridgehead atoms. The molecule has 2 aromatic carbocycles. The van der Waals surface area contributed by atoms with Crippen molar-refractivity contribution in [2.75, 3.05) is 12.4 Å². The van der Waals surface area contributed by atoms with Crippen molar-refractivity contribution in [2.45, 2.75) is 13.0 Å². The minimum Gasteiger partial charge on any atom is -0.497 e. The van der Waals surface area contributed by atoms with Crippen molar-refractivity contribution in [1.82, 2.24) is 9.55 Å². The Hall–Kier alpha value is -4.30. The number of carbonyl (C=O) groups is 1. The molecule has 0 radical (unpaired) electrons.